The summed E-state index contributed by atoms with van der Waals surface area (Å²) < 4.78 is 7.77. The van der Waals surface area contributed by atoms with Crippen molar-refractivity contribution in [2.24, 2.45) is 5.73 Å². The quantitative estimate of drug-likeness (QED) is 0.545. The lowest BCUT2D eigenvalue weighted by atomic mass is 9.84. The number of amides is 1. The molecular formula is C22H22N2O4S. The molecule has 1 aliphatic rings. The zero-order valence-corrected chi connectivity index (χ0v) is 16.6. The molecular weight excluding hydrogens is 388 g/mol. The zero-order chi connectivity index (χ0) is 20.5. The molecule has 3 N–H and O–H groups in total. The molecule has 7 heteroatoms. The Balaban J connectivity index is 1.95. The molecule has 2 unspecified atom stereocenters. The Labute approximate surface area is 173 Å². The van der Waals surface area contributed by atoms with Crippen LogP contribution in [0.25, 0.3) is 10.9 Å². The second kappa shape index (κ2) is 7.83. The molecule has 0 fully saturated rings. The van der Waals surface area contributed by atoms with Crippen molar-refractivity contribution in [3.05, 3.63) is 65.4 Å². The van der Waals surface area contributed by atoms with Gasteiger partial charge in [-0.15, -0.1) is 0 Å². The van der Waals surface area contributed by atoms with Gasteiger partial charge in [-0.1, -0.05) is 36.4 Å². The van der Waals surface area contributed by atoms with E-state index in [4.69, 9.17) is 15.6 Å². The van der Waals surface area contributed by atoms with Crippen LogP contribution >= 0.6 is 12.6 Å². The molecule has 0 bridgehead atoms. The minimum absolute atomic E-state index is 0.191. The lowest BCUT2D eigenvalue weighted by molar-refractivity contribution is -0.139. The third-order valence-corrected chi connectivity index (χ3v) is 5.97. The van der Waals surface area contributed by atoms with Gasteiger partial charge >= 0.3 is 5.97 Å². The summed E-state index contributed by atoms with van der Waals surface area (Å²) in [7, 11) is 0. The van der Waals surface area contributed by atoms with E-state index in [1.54, 1.807) is 6.07 Å². The number of carbonyl (C=O) groups excluding carboxylic acids is 1. The summed E-state index contributed by atoms with van der Waals surface area (Å²) >= 11 is 4.63. The first-order chi connectivity index (χ1) is 14.0. The number of nitrogens with two attached hydrogens (primary N) is 1. The fraction of sp³-hybridized carbons (Fsp3) is 0.273. The summed E-state index contributed by atoms with van der Waals surface area (Å²) in [6.07, 6.45) is 1.49. The third kappa shape index (κ3) is 3.58. The third-order valence-electron chi connectivity index (χ3n) is 5.41. The first-order valence-electron chi connectivity index (χ1n) is 9.47. The van der Waals surface area contributed by atoms with E-state index in [2.05, 4.69) is 29.3 Å². The molecule has 2 atom stereocenters. The maximum Gasteiger partial charge on any atom is 0.341 e. The van der Waals surface area contributed by atoms with Crippen molar-refractivity contribution < 1.29 is 19.4 Å². The van der Waals surface area contributed by atoms with Gasteiger partial charge in [-0.05, 0) is 36.1 Å². The topological polar surface area (TPSA) is 94.5 Å². The number of fused-ring (bicyclic) bond motifs is 3. The Hall–Kier alpha value is -2.93. The summed E-state index contributed by atoms with van der Waals surface area (Å²) in [5, 5.41) is 9.61. The number of aliphatic carboxylic acids is 1. The number of ether oxygens (including phenoxy) is 1. The SMILES string of the molecule is NC(=O)C1c2c(n(Cc3ccccc3)c3cccc(OCC(=O)O)c23)CCC1S. The van der Waals surface area contributed by atoms with Gasteiger partial charge in [0.05, 0.1) is 11.4 Å². The van der Waals surface area contributed by atoms with Crippen LogP contribution in [0.3, 0.4) is 0 Å². The highest BCUT2D eigenvalue weighted by molar-refractivity contribution is 7.81. The monoisotopic (exact) mass is 410 g/mol. The normalized spacial score (nSPS) is 18.4. The number of rotatable bonds is 6. The van der Waals surface area contributed by atoms with E-state index in [1.807, 2.05) is 30.3 Å². The molecule has 1 amide bonds. The highest BCUT2D eigenvalue weighted by Crippen LogP contribution is 2.44. The number of carboxylic acid groups (broad SMARTS) is 1. The van der Waals surface area contributed by atoms with Gasteiger partial charge in [0, 0.05) is 22.9 Å². The highest BCUT2D eigenvalue weighted by atomic mass is 32.1. The van der Waals surface area contributed by atoms with Crippen LogP contribution in [0.2, 0.25) is 0 Å². The summed E-state index contributed by atoms with van der Waals surface area (Å²) in [5.74, 6) is -1.60. The second-order valence-electron chi connectivity index (χ2n) is 7.25. The Morgan fingerprint density at radius 1 is 1.17 bits per heavy atom. The van der Waals surface area contributed by atoms with Crippen molar-refractivity contribution in [3.63, 3.8) is 0 Å². The van der Waals surface area contributed by atoms with Crippen LogP contribution in [0.4, 0.5) is 0 Å². The number of hydrogen-bond acceptors (Lipinski definition) is 4. The van der Waals surface area contributed by atoms with E-state index in [0.29, 0.717) is 12.3 Å². The van der Waals surface area contributed by atoms with E-state index in [0.717, 1.165) is 40.6 Å². The fourth-order valence-electron chi connectivity index (χ4n) is 4.24. The van der Waals surface area contributed by atoms with Gasteiger partial charge in [-0.25, -0.2) is 4.79 Å². The average Bonchev–Trinajstić information content (AvgIpc) is 3.01. The molecule has 1 heterocycles. The predicted octanol–water partition coefficient (Wildman–Crippen LogP) is 2.97. The van der Waals surface area contributed by atoms with E-state index in [1.165, 1.54) is 0 Å². The molecule has 29 heavy (non-hydrogen) atoms. The van der Waals surface area contributed by atoms with Gasteiger partial charge in [0.15, 0.2) is 6.61 Å². The summed E-state index contributed by atoms with van der Waals surface area (Å²) in [5.41, 5.74) is 9.64. The van der Waals surface area contributed by atoms with Crippen LogP contribution in [-0.4, -0.2) is 33.4 Å². The number of nitrogens with zero attached hydrogens (tertiary/aromatic N) is 1. The first-order valence-corrected chi connectivity index (χ1v) is 9.99. The Bertz CT molecular complexity index is 1080. The Morgan fingerprint density at radius 3 is 2.62 bits per heavy atom. The standard InChI is InChI=1S/C22H22N2O4S/c23-22(27)21-17(29)10-9-15-20(21)19-14(7-4-8-16(19)28-12-18(25)26)24(15)11-13-5-2-1-3-6-13/h1-8,17,21,29H,9-12H2,(H2,23,27)(H,25,26). The molecule has 3 aromatic rings. The summed E-state index contributed by atoms with van der Waals surface area (Å²) in [6.45, 7) is 0.182. The number of carbonyl (C=O) groups is 2. The number of aromatic nitrogens is 1. The molecule has 1 aromatic heterocycles. The minimum Gasteiger partial charge on any atom is -0.481 e. The number of hydrogen-bond donors (Lipinski definition) is 3. The van der Waals surface area contributed by atoms with Crippen molar-refractivity contribution in [1.82, 2.24) is 4.57 Å². The van der Waals surface area contributed by atoms with Crippen molar-refractivity contribution >= 4 is 35.4 Å². The van der Waals surface area contributed by atoms with Gasteiger partial charge in [-0.3, -0.25) is 4.79 Å². The number of primary amides is 1. The zero-order valence-electron chi connectivity index (χ0n) is 15.7. The average molecular weight is 410 g/mol. The molecule has 0 saturated carbocycles. The number of carboxylic acids is 1. The number of thiol groups is 1. The molecule has 0 radical (unpaired) electrons. The van der Waals surface area contributed by atoms with Crippen LogP contribution in [0.5, 0.6) is 5.75 Å². The Kier molecular flexibility index (Phi) is 5.24. The lowest BCUT2D eigenvalue weighted by Crippen LogP contribution is -2.33. The van der Waals surface area contributed by atoms with Crippen molar-refractivity contribution in [2.75, 3.05) is 6.61 Å². The molecule has 6 nitrogen and oxygen atoms in total. The van der Waals surface area contributed by atoms with Gasteiger partial charge in [-0.2, -0.15) is 12.6 Å². The van der Waals surface area contributed by atoms with Gasteiger partial charge < -0.3 is 20.1 Å². The fourth-order valence-corrected chi connectivity index (χ4v) is 4.66. The molecule has 0 aliphatic heterocycles. The minimum atomic E-state index is -1.06. The second-order valence-corrected chi connectivity index (χ2v) is 7.91. The van der Waals surface area contributed by atoms with Gasteiger partial charge in [0.25, 0.3) is 0 Å². The molecule has 1 aliphatic carbocycles. The van der Waals surface area contributed by atoms with Crippen molar-refractivity contribution in [2.45, 2.75) is 30.6 Å². The molecule has 150 valence electrons. The molecule has 4 rings (SSSR count). The predicted molar refractivity (Wildman–Crippen MR) is 114 cm³/mol. The largest absolute Gasteiger partial charge is 0.481 e. The number of benzene rings is 2. The first kappa shape index (κ1) is 19.4. The van der Waals surface area contributed by atoms with Crippen LogP contribution in [-0.2, 0) is 22.6 Å². The molecule has 0 saturated heterocycles. The van der Waals surface area contributed by atoms with Crippen LogP contribution in [0.1, 0.15) is 29.2 Å². The van der Waals surface area contributed by atoms with E-state index >= 15 is 0 Å². The van der Waals surface area contributed by atoms with Crippen LogP contribution in [0.15, 0.2) is 48.5 Å². The maximum absolute atomic E-state index is 12.3. The van der Waals surface area contributed by atoms with E-state index in [9.17, 15) is 9.59 Å². The van der Waals surface area contributed by atoms with Crippen LogP contribution < -0.4 is 10.5 Å². The summed E-state index contributed by atoms with van der Waals surface area (Å²) in [4.78, 5) is 23.4. The van der Waals surface area contributed by atoms with Gasteiger partial charge in [0.1, 0.15) is 5.75 Å². The molecule has 0 spiro atoms. The maximum atomic E-state index is 12.3. The Morgan fingerprint density at radius 2 is 1.93 bits per heavy atom. The molecule has 2 aromatic carbocycles. The van der Waals surface area contributed by atoms with Gasteiger partial charge in [0.2, 0.25) is 5.91 Å². The van der Waals surface area contributed by atoms with Crippen molar-refractivity contribution in [1.29, 1.82) is 0 Å². The lowest BCUT2D eigenvalue weighted by Gasteiger charge is -2.27. The van der Waals surface area contributed by atoms with Crippen molar-refractivity contribution in [3.8, 4) is 5.75 Å². The smallest absolute Gasteiger partial charge is 0.341 e. The van der Waals surface area contributed by atoms with E-state index < -0.39 is 24.4 Å². The summed E-state index contributed by atoms with van der Waals surface area (Å²) in [6, 6.07) is 15.6. The van der Waals surface area contributed by atoms with Crippen LogP contribution in [0, 0.1) is 0 Å². The van der Waals surface area contributed by atoms with E-state index in [-0.39, 0.29) is 5.25 Å². The highest BCUT2D eigenvalue weighted by Gasteiger charge is 2.37.